The summed E-state index contributed by atoms with van der Waals surface area (Å²) < 4.78 is 610. The number of hydrogen-bond donors (Lipinski definition) is 4. The van der Waals surface area contributed by atoms with Gasteiger partial charge in [-0.25, -0.2) is 0 Å². The van der Waals surface area contributed by atoms with Gasteiger partial charge < -0.3 is 79.8 Å². The Balaban J connectivity index is 0.000000266. The van der Waals surface area contributed by atoms with Crippen LogP contribution < -0.4 is 60.8 Å². The van der Waals surface area contributed by atoms with Gasteiger partial charge in [0.05, 0.1) is 82.8 Å². The molecule has 16 unspecified atom stereocenters. The number of benzene rings is 4. The van der Waals surface area contributed by atoms with Gasteiger partial charge in [-0.15, -0.1) is 0 Å². The van der Waals surface area contributed by atoms with Crippen LogP contribution >= 0.6 is 0 Å². The SMILES string of the molecule is [2H]c1c2c(c([2H])c(OC)c1OC([2H])([2H])[2H])C1([2H])N(CC2)C([2H])([2H])C([2H])(C([2H])([2H])C([2H])(C)C([2H])([2H])[2H])C([2H])(OC(=O)[C@@H](N)C(C)C)C1([2H])[2H].[2H]c1c2c(c([2H])c(OC)c1OC([2H])([2H])[2H])C1N(CC2)C([2H])([2H])C([2H])(C([2H])([2H])C([2H])(C)C([2H])([2H])[2H])C([2H])(OC(=O)[C@@H](N)C(C)C)C1([2H])[2H].[2H]c1c2c(c([2H])c(OC)c1OC)C1N(CC2)C([2H])([2H])C([2H])(C([2H])([2H])C([2H])(C)C([2H])([2H])[2H])C([2H])(OC(=O)[C@@H](N)C(C)C)C1([2H])[2H].[2H]c1c2c(c([2H])c(OC)c1OC)C1N(CC2)C([2H])([2H])C([2H])(C([2H])([2H])C([2H])(C)C([2H])([2H])[2H])C([2H])(OC(=O)[C@@H](N)C(C)C)C1([2H])[2H]. The Labute approximate surface area is 807 Å². The predicted molar refractivity (Wildman–Crippen MR) is 471 cm³/mol. The minimum Gasteiger partial charge on any atom is -0.493 e. The van der Waals surface area contributed by atoms with Crippen LogP contribution in [0.5, 0.6) is 46.0 Å². The first kappa shape index (κ1) is 41.8. The van der Waals surface area contributed by atoms with Gasteiger partial charge >= 0.3 is 23.9 Å². The minimum absolute atomic E-state index is 0.0226. The van der Waals surface area contributed by atoms with Crippen molar-refractivity contribution in [2.75, 3.05) is 109 Å². The van der Waals surface area contributed by atoms with E-state index < -0.39 is 401 Å². The maximum absolute atomic E-state index is 13.4. The van der Waals surface area contributed by atoms with E-state index in [9.17, 15) is 53.4 Å². The third kappa shape index (κ3) is 23.8. The van der Waals surface area contributed by atoms with Crippen LogP contribution in [0.1, 0.15) is 316 Å². The predicted octanol–water partition coefficient (Wildman–Crippen LogP) is 14.3. The van der Waals surface area contributed by atoms with Crippen LogP contribution in [0.15, 0.2) is 48.3 Å². The Hall–Kier alpha value is -7.16. The molecule has 0 aliphatic carbocycles. The average molecular weight is 1740 g/mol. The molecule has 0 saturated carbocycles. The second kappa shape index (κ2) is 43.9. The molecular formula is C96H152N8O16. The van der Waals surface area contributed by atoms with Crippen LogP contribution in [-0.4, -0.2) is 201 Å². The number of ether oxygens (including phenoxy) is 12. The van der Waals surface area contributed by atoms with Crippen molar-refractivity contribution in [1.29, 1.82) is 0 Å². The van der Waals surface area contributed by atoms with Gasteiger partial charge in [0.15, 0.2) is 46.0 Å². The Morgan fingerprint density at radius 2 is 0.600 bits per heavy atom. The molecule has 24 heteroatoms. The molecule has 0 spiro atoms. The van der Waals surface area contributed by atoms with Gasteiger partial charge in [0, 0.05) is 186 Å². The van der Waals surface area contributed by atoms with Crippen molar-refractivity contribution in [3.05, 3.63) is 92.8 Å². The zero-order valence-electron chi connectivity index (χ0n) is 133. The van der Waals surface area contributed by atoms with Crippen LogP contribution in [0.25, 0.3) is 0 Å². The molecule has 0 amide bonds. The first-order valence-corrected chi connectivity index (χ1v) is 38.2. The first-order valence-electron chi connectivity index (χ1n) is 69.7. The van der Waals surface area contributed by atoms with E-state index in [1.54, 1.807) is 0 Å². The Kier molecular flexibility index (Phi) is 15.3. The maximum Gasteiger partial charge on any atom is 0.323 e. The van der Waals surface area contributed by atoms with E-state index in [2.05, 4.69) is 0 Å². The third-order valence-electron chi connectivity index (χ3n) is 19.2. The van der Waals surface area contributed by atoms with Crippen molar-refractivity contribution < 1.29 is 162 Å². The molecule has 8 aliphatic heterocycles. The summed E-state index contributed by atoms with van der Waals surface area (Å²) in [5.41, 5.74) is 20.9. The smallest absolute Gasteiger partial charge is 0.323 e. The fraction of sp³-hybridized carbons (Fsp3) is 0.708. The summed E-state index contributed by atoms with van der Waals surface area (Å²) in [7, 11) is 0.405. The van der Waals surface area contributed by atoms with Crippen molar-refractivity contribution >= 4 is 23.9 Å². The lowest BCUT2D eigenvalue weighted by molar-refractivity contribution is -0.161. The highest BCUT2D eigenvalue weighted by molar-refractivity contribution is 5.77. The van der Waals surface area contributed by atoms with E-state index in [1.165, 1.54) is 69.6 Å². The number of methoxy groups -OCH3 is 8. The topological polar surface area (TPSA) is 296 Å². The highest BCUT2D eigenvalue weighted by Gasteiger charge is 2.47. The fourth-order valence-corrected chi connectivity index (χ4v) is 12.5. The minimum atomic E-state index is -4.27. The van der Waals surface area contributed by atoms with Gasteiger partial charge in [-0.05, 0) is 191 Å². The highest BCUT2D eigenvalue weighted by atomic mass is 16.6. The summed E-state index contributed by atoms with van der Waals surface area (Å²) in [6, 6.07) is -21.3. The third-order valence-corrected chi connectivity index (χ3v) is 19.2. The van der Waals surface area contributed by atoms with E-state index in [-0.39, 0.29) is 80.6 Å². The quantitative estimate of drug-likeness (QED) is 0.0303. The van der Waals surface area contributed by atoms with Crippen LogP contribution in [0.3, 0.4) is 0 Å². The second-order valence-electron chi connectivity index (χ2n) is 29.5. The lowest BCUT2D eigenvalue weighted by Crippen LogP contribution is -2.51. The summed E-state index contributed by atoms with van der Waals surface area (Å²) in [5.74, 6) is -42.8. The molecule has 120 heavy (non-hydrogen) atoms. The van der Waals surface area contributed by atoms with Crippen molar-refractivity contribution in [2.45, 2.75) is 260 Å². The normalized spacial score (nSPS) is 44.5. The summed E-state index contributed by atoms with van der Waals surface area (Å²) in [5, 5.41) is 0. The number of nitrogens with zero attached hydrogens (tertiary/aromatic N) is 4. The molecule has 8 aliphatic rings. The molecule has 4 fully saturated rings. The van der Waals surface area contributed by atoms with Crippen LogP contribution in [-0.2, 0) is 63.8 Å². The molecule has 0 aromatic heterocycles. The van der Waals surface area contributed by atoms with Gasteiger partial charge in [0.1, 0.15) is 48.5 Å². The fourth-order valence-electron chi connectivity index (χ4n) is 12.5. The molecule has 8 N–H and O–H groups in total. The number of nitrogens with two attached hydrogens (primary N) is 4. The van der Waals surface area contributed by atoms with E-state index in [0.717, 1.165) is 28.4 Å². The molecule has 0 bridgehead atoms. The van der Waals surface area contributed by atoms with E-state index in [1.807, 2.05) is 0 Å². The van der Waals surface area contributed by atoms with Crippen molar-refractivity contribution in [2.24, 2.45) is 93.8 Å². The molecule has 20 atom stereocenters. The van der Waals surface area contributed by atoms with Gasteiger partial charge in [-0.3, -0.25) is 38.8 Å². The summed E-state index contributed by atoms with van der Waals surface area (Å²) in [6.07, 6.45) is -48.3. The zero-order chi connectivity index (χ0) is 143. The van der Waals surface area contributed by atoms with Crippen LogP contribution in [0.2, 0.25) is 0 Å². The maximum atomic E-state index is 13.4. The first-order chi connectivity index (χ1) is 81.4. The van der Waals surface area contributed by atoms with Gasteiger partial charge in [-0.1, -0.05) is 110 Å². The average Bonchev–Trinajstić information content (AvgIpc) is 0.628. The Morgan fingerprint density at radius 1 is 0.375 bits per heavy atom. The molecule has 4 saturated heterocycles. The molecular weight excluding hydrogens is 1520 g/mol. The summed E-state index contributed by atoms with van der Waals surface area (Å²) in [4.78, 5) is 55.5. The molecule has 12 rings (SSSR count). The molecule has 0 radical (unpaired) electrons. The molecule has 672 valence electrons. The Morgan fingerprint density at radius 3 is 0.850 bits per heavy atom. The molecule has 8 heterocycles. The number of piperidine rings is 4. The number of carbonyl (C=O) groups excluding carboxylic acids is 4. The van der Waals surface area contributed by atoms with Crippen molar-refractivity contribution in [3.63, 3.8) is 0 Å². The number of hydrogen-bond acceptors (Lipinski definition) is 24. The lowest BCUT2D eigenvalue weighted by atomic mass is 9.79. The number of carbonyl (C=O) groups is 4. The molecule has 4 aromatic rings. The van der Waals surface area contributed by atoms with E-state index in [0.29, 0.717) is 42.4 Å². The van der Waals surface area contributed by atoms with Gasteiger partial charge in [-0.2, -0.15) is 0 Å². The van der Waals surface area contributed by atoms with E-state index >= 15 is 0 Å². The monoisotopic (exact) mass is 1740 g/mol. The van der Waals surface area contributed by atoms with Crippen molar-refractivity contribution in [3.8, 4) is 46.0 Å². The summed E-state index contributed by atoms with van der Waals surface area (Å²) >= 11 is 0. The largest absolute Gasteiger partial charge is 0.493 e. The van der Waals surface area contributed by atoms with Gasteiger partial charge in [0.2, 0.25) is 0 Å². The molecule has 4 aromatic carbocycles. The summed E-state index contributed by atoms with van der Waals surface area (Å²) in [6.45, 7) is -17.6. The molecule has 24 nitrogen and oxygen atoms in total. The van der Waals surface area contributed by atoms with Crippen molar-refractivity contribution in [1.82, 2.24) is 19.6 Å². The van der Waals surface area contributed by atoms with Crippen LogP contribution in [0, 0.1) is 70.8 Å². The second-order valence-corrected chi connectivity index (χ2v) is 29.5. The zero-order valence-corrected chi connectivity index (χ0v) is 70.1. The van der Waals surface area contributed by atoms with Crippen LogP contribution in [0.4, 0.5) is 0 Å². The number of esters is 4. The Bertz CT molecular complexity index is 6960. The number of rotatable bonds is 28. The number of fused-ring (bicyclic) bond motifs is 12. The standard InChI is InChI=1S/4C24H38N2O4/c4*1-14(2)9-17-13-26-8-7-16-10-21(28-5)22(29-6)11-18(16)19(26)12-20(17)30-24(27)23(25)15(3)4/h4*10-11,14-15,17,19-20,23H,7-9,12-13,25H2,1-6H3/t4*17?,19?,20?,23-/m0000/s1/i1D3,5D3,9D2,10D,11D,12D2,13D2,14D,17D,19D,20D;1D3,5D3,9D2,10D,11D,12D2,13D2,14D,17D,20D;2*1D3,9D2,10D,11D,12D2,13D2,14D,17D,20D/t4*14?,17?,19?,20?,23-. The van der Waals surface area contributed by atoms with Gasteiger partial charge in [0.25, 0.3) is 0 Å². The lowest BCUT2D eigenvalue weighted by Gasteiger charge is -2.47. The van der Waals surface area contributed by atoms with E-state index in [4.69, 9.17) is 132 Å². The highest BCUT2D eigenvalue weighted by Crippen LogP contribution is 2.50.